The van der Waals surface area contributed by atoms with Crippen molar-refractivity contribution >= 4 is 36.2 Å². The van der Waals surface area contributed by atoms with Gasteiger partial charge in [-0.2, -0.15) is 0 Å². The monoisotopic (exact) mass is 322 g/mol. The Morgan fingerprint density at radius 1 is 1.36 bits per heavy atom. The van der Waals surface area contributed by atoms with Crippen LogP contribution in [0.2, 0.25) is 4.94 Å². The number of benzene rings is 1. The maximum absolute atomic E-state index is 5.88. The third-order valence-corrected chi connectivity index (χ3v) is 7.35. The van der Waals surface area contributed by atoms with Gasteiger partial charge in [0.15, 0.2) is 0 Å². The molecular formula is C10H17ClNOSn. The maximum Gasteiger partial charge on any atom is -0.147 e. The Morgan fingerprint density at radius 2 is 1.93 bits per heavy atom. The molecule has 0 aliphatic heterocycles. The van der Waals surface area contributed by atoms with Gasteiger partial charge in [0.05, 0.1) is 0 Å². The molecule has 79 valence electrons. The normalized spacial score (nSPS) is 12.4. The van der Waals surface area contributed by atoms with Crippen LogP contribution in [0.5, 0.6) is 0 Å². The summed E-state index contributed by atoms with van der Waals surface area (Å²) >= 11 is -1.77. The van der Waals surface area contributed by atoms with Gasteiger partial charge in [-0.15, -0.1) is 12.4 Å². The van der Waals surface area contributed by atoms with Gasteiger partial charge in [-0.25, -0.2) is 0 Å². The first-order chi connectivity index (χ1) is 6.16. The van der Waals surface area contributed by atoms with E-state index in [1.165, 1.54) is 9.14 Å². The van der Waals surface area contributed by atoms with Crippen molar-refractivity contribution in [1.29, 1.82) is 0 Å². The second kappa shape index (κ2) is 6.66. The minimum atomic E-state index is -1.77. The van der Waals surface area contributed by atoms with E-state index in [9.17, 15) is 0 Å². The molecule has 0 bridgehead atoms. The fourth-order valence-corrected chi connectivity index (χ4v) is 4.94. The molecule has 0 aliphatic rings. The van der Waals surface area contributed by atoms with Crippen LogP contribution in [-0.2, 0) is 3.07 Å². The molecule has 1 radical (unpaired) electrons. The molecule has 0 saturated carbocycles. The zero-order valence-corrected chi connectivity index (χ0v) is 12.5. The Bertz CT molecular complexity index is 281. The average Bonchev–Trinajstić information content (AvgIpc) is 2.16. The SMILES string of the molecule is C[O][Sn]([CH3])[c]1ccccc1C(C)N.Cl. The molecule has 1 atom stereocenters. The summed E-state index contributed by atoms with van der Waals surface area (Å²) in [5, 5.41) is 0. The van der Waals surface area contributed by atoms with Crippen LogP contribution in [0.4, 0.5) is 0 Å². The van der Waals surface area contributed by atoms with Crippen molar-refractivity contribution < 1.29 is 3.07 Å². The second-order valence-corrected chi connectivity index (χ2v) is 9.01. The van der Waals surface area contributed by atoms with Crippen molar-refractivity contribution in [3.05, 3.63) is 29.8 Å². The summed E-state index contributed by atoms with van der Waals surface area (Å²) in [4.78, 5) is 2.23. The quantitative estimate of drug-likeness (QED) is 0.859. The molecule has 0 amide bonds. The Morgan fingerprint density at radius 3 is 2.43 bits per heavy atom. The van der Waals surface area contributed by atoms with Crippen molar-refractivity contribution in [2.75, 3.05) is 7.11 Å². The summed E-state index contributed by atoms with van der Waals surface area (Å²) in [5.74, 6) is 0. The number of hydrogen-bond donors (Lipinski definition) is 1. The van der Waals surface area contributed by atoms with Crippen molar-refractivity contribution in [2.45, 2.75) is 17.9 Å². The molecule has 0 aliphatic carbocycles. The summed E-state index contributed by atoms with van der Waals surface area (Å²) in [5.41, 5.74) is 7.13. The third-order valence-electron chi connectivity index (χ3n) is 2.14. The number of nitrogens with two attached hydrogens (primary N) is 1. The predicted molar refractivity (Wildman–Crippen MR) is 64.6 cm³/mol. The van der Waals surface area contributed by atoms with E-state index in [4.69, 9.17) is 8.81 Å². The van der Waals surface area contributed by atoms with Gasteiger partial charge in [0.25, 0.3) is 0 Å². The Kier molecular flexibility index (Phi) is 6.77. The van der Waals surface area contributed by atoms with E-state index in [0.717, 1.165) is 0 Å². The van der Waals surface area contributed by atoms with Crippen molar-refractivity contribution in [3.63, 3.8) is 0 Å². The zero-order valence-electron chi connectivity index (χ0n) is 8.78. The molecule has 1 unspecified atom stereocenters. The second-order valence-electron chi connectivity index (χ2n) is 3.14. The molecule has 1 aromatic carbocycles. The van der Waals surface area contributed by atoms with Gasteiger partial charge in [0.1, 0.15) is 0 Å². The standard InChI is InChI=1S/C8H10N.CH3O.CH3.ClH.Sn/c1-7(9)8-5-3-2-4-6-8;1-2;;;/h2-5,7H,9H2,1H3;1H3;1H3;1H;/q;-1;;;+1. The summed E-state index contributed by atoms with van der Waals surface area (Å²) in [6.07, 6.45) is 0. The largest absolute Gasteiger partial charge is 0.147 e. The fourth-order valence-electron chi connectivity index (χ4n) is 1.32. The van der Waals surface area contributed by atoms with E-state index < -0.39 is 20.2 Å². The van der Waals surface area contributed by atoms with Crippen LogP contribution < -0.4 is 9.31 Å². The zero-order chi connectivity index (χ0) is 9.84. The minimum Gasteiger partial charge on any atom is -0.147 e. The molecule has 0 saturated heterocycles. The van der Waals surface area contributed by atoms with Gasteiger partial charge >= 0.3 is 87.4 Å². The summed E-state index contributed by atoms with van der Waals surface area (Å²) in [6.45, 7) is 2.02. The minimum absolute atomic E-state index is 0. The van der Waals surface area contributed by atoms with Gasteiger partial charge in [-0.1, -0.05) is 0 Å². The summed E-state index contributed by atoms with van der Waals surface area (Å²) in [6, 6.07) is 8.46. The van der Waals surface area contributed by atoms with Crippen LogP contribution >= 0.6 is 12.4 Å². The van der Waals surface area contributed by atoms with Crippen LogP contribution in [0.1, 0.15) is 18.5 Å². The molecule has 4 heteroatoms. The van der Waals surface area contributed by atoms with E-state index in [1.807, 2.05) is 13.0 Å². The van der Waals surface area contributed by atoms with E-state index >= 15 is 0 Å². The molecule has 0 spiro atoms. The first-order valence-corrected chi connectivity index (χ1v) is 9.84. The Labute approximate surface area is 99.5 Å². The van der Waals surface area contributed by atoms with E-state index in [-0.39, 0.29) is 18.4 Å². The smallest absolute Gasteiger partial charge is 0.147 e. The molecule has 1 rings (SSSR count). The van der Waals surface area contributed by atoms with Crippen molar-refractivity contribution in [3.8, 4) is 0 Å². The predicted octanol–water partition coefficient (Wildman–Crippen LogP) is 1.60. The van der Waals surface area contributed by atoms with Crippen LogP contribution in [-0.4, -0.2) is 27.3 Å². The first kappa shape index (κ1) is 14.2. The van der Waals surface area contributed by atoms with Gasteiger partial charge < -0.3 is 0 Å². The Hall–Kier alpha value is 0.229. The molecule has 14 heavy (non-hydrogen) atoms. The summed E-state index contributed by atoms with van der Waals surface area (Å²) in [7, 11) is 1.80. The molecule has 2 nitrogen and oxygen atoms in total. The Balaban J connectivity index is 0.00000169. The van der Waals surface area contributed by atoms with Crippen LogP contribution in [0, 0.1) is 0 Å². The van der Waals surface area contributed by atoms with E-state index in [1.54, 1.807) is 7.11 Å². The average molecular weight is 321 g/mol. The van der Waals surface area contributed by atoms with Crippen LogP contribution in [0.3, 0.4) is 0 Å². The van der Waals surface area contributed by atoms with E-state index in [0.29, 0.717) is 0 Å². The molecule has 0 heterocycles. The number of halogens is 1. The molecular weight excluding hydrogens is 304 g/mol. The maximum atomic E-state index is 5.88. The summed E-state index contributed by atoms with van der Waals surface area (Å²) < 4.78 is 6.85. The van der Waals surface area contributed by atoms with Gasteiger partial charge in [-0.3, -0.25) is 0 Å². The van der Waals surface area contributed by atoms with Crippen LogP contribution in [0.25, 0.3) is 0 Å². The van der Waals surface area contributed by atoms with Gasteiger partial charge in [-0.05, 0) is 0 Å². The van der Waals surface area contributed by atoms with Gasteiger partial charge in [0, 0.05) is 0 Å². The molecule has 1 aromatic rings. The molecule has 0 aromatic heterocycles. The van der Waals surface area contributed by atoms with E-state index in [2.05, 4.69) is 23.1 Å². The molecule has 2 N–H and O–H groups in total. The van der Waals surface area contributed by atoms with Crippen molar-refractivity contribution in [1.82, 2.24) is 0 Å². The fraction of sp³-hybridized carbons (Fsp3) is 0.400. The number of hydrogen-bond acceptors (Lipinski definition) is 2. The van der Waals surface area contributed by atoms with Crippen molar-refractivity contribution in [2.24, 2.45) is 5.73 Å². The third kappa shape index (κ3) is 3.42. The number of rotatable bonds is 3. The van der Waals surface area contributed by atoms with Gasteiger partial charge in [0.2, 0.25) is 0 Å². The van der Waals surface area contributed by atoms with Crippen LogP contribution in [0.15, 0.2) is 24.3 Å². The topological polar surface area (TPSA) is 35.2 Å². The first-order valence-electron chi connectivity index (χ1n) is 4.39. The molecule has 0 fully saturated rings.